The molecule has 4 rings (SSSR count). The van der Waals surface area contributed by atoms with Gasteiger partial charge in [-0.1, -0.05) is 27.7 Å². The molecule has 6 N–H and O–H groups in total. The van der Waals surface area contributed by atoms with Crippen LogP contribution in [0.1, 0.15) is 50.7 Å². The van der Waals surface area contributed by atoms with Crippen molar-refractivity contribution >= 4 is 39.9 Å². The second kappa shape index (κ2) is 13.5. The lowest BCUT2D eigenvalue weighted by Gasteiger charge is -2.13. The molecule has 0 spiro atoms. The van der Waals surface area contributed by atoms with Crippen LogP contribution >= 0.6 is 15.9 Å². The van der Waals surface area contributed by atoms with Gasteiger partial charge in [0.1, 0.15) is 11.6 Å². The Bertz CT molecular complexity index is 1360. The number of hydrogen-bond acceptors (Lipinski definition) is 6. The first-order chi connectivity index (χ1) is 17.7. The minimum atomic E-state index is -1.40. The molecule has 0 aliphatic rings. The molecular formula is C26H34BBrF2N6O2. The topological polar surface area (TPSA) is 128 Å². The maximum Gasteiger partial charge on any atom is 0.491 e. The molecule has 0 unspecified atom stereocenters. The van der Waals surface area contributed by atoms with Crippen LogP contribution in [-0.4, -0.2) is 36.7 Å². The van der Waals surface area contributed by atoms with Gasteiger partial charge in [0.25, 0.3) is 0 Å². The zero-order valence-corrected chi connectivity index (χ0v) is 23.9. The number of nitrogen functional groups attached to an aromatic ring is 2. The summed E-state index contributed by atoms with van der Waals surface area (Å²) in [5, 5.41) is 24.9. The molecule has 204 valence electrons. The number of rotatable bonds is 4. The molecule has 4 aromatic rings. The third kappa shape index (κ3) is 8.40. The molecule has 8 nitrogen and oxygen atoms in total. The van der Waals surface area contributed by atoms with E-state index in [2.05, 4.69) is 26.1 Å². The molecule has 0 aliphatic heterocycles. The number of benzene rings is 2. The van der Waals surface area contributed by atoms with Crippen LogP contribution in [0.3, 0.4) is 0 Å². The fraction of sp³-hybridized carbons (Fsp3) is 0.308. The highest BCUT2D eigenvalue weighted by molar-refractivity contribution is 9.10. The summed E-state index contributed by atoms with van der Waals surface area (Å²) in [5.41, 5.74) is 16.7. The monoisotopic (exact) mass is 590 g/mol. The van der Waals surface area contributed by atoms with Gasteiger partial charge in [-0.25, -0.2) is 8.78 Å². The summed E-state index contributed by atoms with van der Waals surface area (Å²) in [4.78, 5) is 0. The van der Waals surface area contributed by atoms with E-state index in [4.69, 9.17) is 21.5 Å². The highest BCUT2D eigenvalue weighted by atomic mass is 79.9. The summed E-state index contributed by atoms with van der Waals surface area (Å²) in [6, 6.07) is 5.81. The highest BCUT2D eigenvalue weighted by Crippen LogP contribution is 2.33. The predicted molar refractivity (Wildman–Crippen MR) is 153 cm³/mol. The van der Waals surface area contributed by atoms with Crippen molar-refractivity contribution in [1.29, 1.82) is 0 Å². The van der Waals surface area contributed by atoms with E-state index >= 15 is 0 Å². The molecular weight excluding hydrogens is 557 g/mol. The zero-order valence-electron chi connectivity index (χ0n) is 22.3. The van der Waals surface area contributed by atoms with Gasteiger partial charge in [0.05, 0.1) is 6.20 Å². The average molecular weight is 591 g/mol. The Balaban J connectivity index is 0.000000212. The molecule has 38 heavy (non-hydrogen) atoms. The van der Waals surface area contributed by atoms with Crippen LogP contribution < -0.4 is 16.9 Å². The van der Waals surface area contributed by atoms with Crippen molar-refractivity contribution in [3.05, 3.63) is 76.3 Å². The van der Waals surface area contributed by atoms with Crippen molar-refractivity contribution < 1.29 is 18.8 Å². The first-order valence-electron chi connectivity index (χ1n) is 11.9. The number of aromatic nitrogens is 4. The van der Waals surface area contributed by atoms with Crippen LogP contribution in [0.4, 0.5) is 20.2 Å². The molecule has 2 aromatic heterocycles. The predicted octanol–water partition coefficient (Wildman–Crippen LogP) is 4.33. The van der Waals surface area contributed by atoms with Gasteiger partial charge in [-0.15, -0.1) is 0 Å². The maximum atomic E-state index is 13.6. The quantitative estimate of drug-likeness (QED) is 0.207. The Kier molecular flexibility index (Phi) is 11.0. The van der Waals surface area contributed by atoms with Gasteiger partial charge in [0, 0.05) is 65.1 Å². The Labute approximate surface area is 230 Å². The highest BCUT2D eigenvalue weighted by Gasteiger charge is 2.14. The summed E-state index contributed by atoms with van der Waals surface area (Å²) in [6.45, 7) is 7.96. The van der Waals surface area contributed by atoms with Crippen LogP contribution in [0.5, 0.6) is 0 Å². The van der Waals surface area contributed by atoms with Crippen molar-refractivity contribution in [2.75, 3.05) is 11.5 Å². The van der Waals surface area contributed by atoms with Crippen molar-refractivity contribution in [3.63, 3.8) is 0 Å². The summed E-state index contributed by atoms with van der Waals surface area (Å²) in [7, 11) is 2.13. The van der Waals surface area contributed by atoms with Gasteiger partial charge in [-0.3, -0.25) is 9.36 Å². The van der Waals surface area contributed by atoms with Crippen LogP contribution in [0.25, 0.3) is 11.1 Å². The Hall–Kier alpha value is -3.22. The summed E-state index contributed by atoms with van der Waals surface area (Å²) >= 11 is 3.20. The summed E-state index contributed by atoms with van der Waals surface area (Å²) in [6.07, 6.45) is 6.47. The van der Waals surface area contributed by atoms with Crippen molar-refractivity contribution in [1.82, 2.24) is 19.6 Å². The van der Waals surface area contributed by atoms with Gasteiger partial charge in [-0.05, 0) is 63.2 Å². The first kappa shape index (κ1) is 31.0. The van der Waals surface area contributed by atoms with Crippen molar-refractivity contribution in [3.8, 4) is 11.1 Å². The molecule has 0 saturated carbocycles. The number of halogens is 3. The van der Waals surface area contributed by atoms with Gasteiger partial charge in [0.2, 0.25) is 0 Å². The van der Waals surface area contributed by atoms with E-state index in [0.29, 0.717) is 26.9 Å². The van der Waals surface area contributed by atoms with E-state index < -0.39 is 7.12 Å². The van der Waals surface area contributed by atoms with Crippen molar-refractivity contribution in [2.45, 2.75) is 39.5 Å². The smallest absolute Gasteiger partial charge is 0.423 e. The van der Waals surface area contributed by atoms with E-state index in [-0.39, 0.29) is 23.5 Å². The summed E-state index contributed by atoms with van der Waals surface area (Å²) < 4.78 is 30.3. The fourth-order valence-corrected chi connectivity index (χ4v) is 4.02. The minimum Gasteiger partial charge on any atom is -0.423 e. The van der Waals surface area contributed by atoms with Gasteiger partial charge < -0.3 is 21.5 Å². The second-order valence-corrected chi connectivity index (χ2v) is 10.2. The largest absolute Gasteiger partial charge is 0.491 e. The molecule has 0 bridgehead atoms. The molecule has 12 heteroatoms. The zero-order chi connectivity index (χ0) is 28.7. The average Bonchev–Trinajstić information content (AvgIpc) is 3.46. The third-order valence-electron chi connectivity index (χ3n) is 5.59. The SMILES string of the molecule is CC(C)c1cc(F)cc(-c2cnn(C)c2)c1N.CC(C)c1cc(F)cc(Br)c1N.Cn1cc(B(O)O)cn1. The van der Waals surface area contributed by atoms with Crippen molar-refractivity contribution in [2.24, 2.45) is 14.1 Å². The number of hydrogen-bond donors (Lipinski definition) is 4. The van der Waals surface area contributed by atoms with E-state index in [1.165, 1.54) is 35.1 Å². The Morgan fingerprint density at radius 2 is 1.32 bits per heavy atom. The number of nitrogens with two attached hydrogens (primary N) is 2. The van der Waals surface area contributed by atoms with Crippen LogP contribution in [0.2, 0.25) is 0 Å². The molecule has 0 fully saturated rings. The fourth-order valence-electron chi connectivity index (χ4n) is 3.57. The molecule has 0 saturated heterocycles. The van der Waals surface area contributed by atoms with E-state index in [1.807, 2.05) is 40.9 Å². The maximum absolute atomic E-state index is 13.6. The van der Waals surface area contributed by atoms with E-state index in [0.717, 1.165) is 16.7 Å². The molecule has 0 aliphatic carbocycles. The molecule has 2 heterocycles. The second-order valence-electron chi connectivity index (χ2n) is 9.38. The van der Waals surface area contributed by atoms with Crippen LogP contribution in [0.15, 0.2) is 53.5 Å². The lowest BCUT2D eigenvalue weighted by Crippen LogP contribution is -2.28. The molecule has 0 amide bonds. The third-order valence-corrected chi connectivity index (χ3v) is 6.24. The minimum absolute atomic E-state index is 0.195. The molecule has 0 atom stereocenters. The van der Waals surface area contributed by atoms with E-state index in [9.17, 15) is 8.78 Å². The van der Waals surface area contributed by atoms with Gasteiger partial charge >= 0.3 is 7.12 Å². The van der Waals surface area contributed by atoms with Gasteiger partial charge in [0.15, 0.2) is 0 Å². The normalized spacial score (nSPS) is 10.7. The molecule has 0 radical (unpaired) electrons. The van der Waals surface area contributed by atoms with Crippen LogP contribution in [-0.2, 0) is 14.1 Å². The first-order valence-corrected chi connectivity index (χ1v) is 12.7. The Morgan fingerprint density at radius 3 is 1.74 bits per heavy atom. The standard InChI is InChI=1S/C13H16FN3.C9H11BrFN.C4H7BN2O2/c1-8(2)11-4-10(14)5-12(13(11)15)9-6-16-17(3)7-9;1-5(2)7-3-6(11)4-8(10)9(7)12;1-7-3-4(2-6-7)5(8)9/h4-8H,15H2,1-3H3;3-5H,12H2,1-2H3;2-3,8-9H,1H3. The van der Waals surface area contributed by atoms with E-state index in [1.54, 1.807) is 24.1 Å². The van der Waals surface area contributed by atoms with Crippen LogP contribution in [0, 0.1) is 11.6 Å². The number of nitrogens with zero attached hydrogens (tertiary/aromatic N) is 4. The van der Waals surface area contributed by atoms with Gasteiger partial charge in [-0.2, -0.15) is 10.2 Å². The lowest BCUT2D eigenvalue weighted by molar-refractivity contribution is 0.425. The lowest BCUT2D eigenvalue weighted by atomic mass is 9.83. The molecule has 2 aromatic carbocycles. The summed E-state index contributed by atoms with van der Waals surface area (Å²) in [5.74, 6) is -0.0698. The Morgan fingerprint density at radius 1 is 0.816 bits per heavy atom. The number of aryl methyl sites for hydroxylation is 2. The number of anilines is 2.